The Morgan fingerprint density at radius 3 is 2.55 bits per heavy atom. The van der Waals surface area contributed by atoms with Gasteiger partial charge in [-0.25, -0.2) is 0 Å². The second-order valence-corrected chi connectivity index (χ2v) is 9.22. The van der Waals surface area contributed by atoms with Crippen molar-refractivity contribution in [1.82, 2.24) is 10.2 Å². The molecule has 1 N–H and O–H groups in total. The van der Waals surface area contributed by atoms with Crippen LogP contribution in [0.15, 0.2) is 33.9 Å². The monoisotopic (exact) mass is 414 g/mol. The molecular weight excluding hydrogens is 384 g/mol. The number of nitrogens with zero attached hydrogens (tertiary/aromatic N) is 3. The predicted molar refractivity (Wildman–Crippen MR) is 117 cm³/mol. The lowest BCUT2D eigenvalue weighted by atomic mass is 9.89. The van der Waals surface area contributed by atoms with Gasteiger partial charge < -0.3 is 14.6 Å². The Kier molecular flexibility index (Phi) is 6.74. The van der Waals surface area contributed by atoms with E-state index in [0.717, 1.165) is 43.4 Å². The second kappa shape index (κ2) is 9.65. The largest absolute Gasteiger partial charge is 0.416 e. The van der Waals surface area contributed by atoms with Crippen molar-refractivity contribution in [3.05, 3.63) is 30.2 Å². The van der Waals surface area contributed by atoms with Gasteiger partial charge in [0, 0.05) is 30.4 Å². The normalized spacial score (nSPS) is 18.7. The average molecular weight is 415 g/mol. The van der Waals surface area contributed by atoms with Gasteiger partial charge in [-0.3, -0.25) is 4.79 Å². The Balaban J connectivity index is 1.24. The van der Waals surface area contributed by atoms with Gasteiger partial charge in [-0.05, 0) is 55.9 Å². The Morgan fingerprint density at radius 1 is 1.10 bits per heavy atom. The van der Waals surface area contributed by atoms with Crippen molar-refractivity contribution in [2.75, 3.05) is 29.1 Å². The van der Waals surface area contributed by atoms with Gasteiger partial charge in [0.2, 0.25) is 11.8 Å². The highest BCUT2D eigenvalue weighted by Crippen LogP contribution is 2.33. The van der Waals surface area contributed by atoms with E-state index in [9.17, 15) is 4.79 Å². The Bertz CT molecular complexity index is 793. The maximum Gasteiger partial charge on any atom is 0.277 e. The molecule has 29 heavy (non-hydrogen) atoms. The first kappa shape index (κ1) is 20.3. The molecule has 0 atom stereocenters. The van der Waals surface area contributed by atoms with Crippen LogP contribution in [0.3, 0.4) is 0 Å². The Hall–Kier alpha value is -2.02. The molecule has 1 amide bonds. The van der Waals surface area contributed by atoms with Crippen molar-refractivity contribution < 1.29 is 9.21 Å². The summed E-state index contributed by atoms with van der Waals surface area (Å²) in [6.45, 7) is 4.53. The summed E-state index contributed by atoms with van der Waals surface area (Å²) >= 11 is 1.30. The number of nitrogens with one attached hydrogen (secondary N) is 1. The summed E-state index contributed by atoms with van der Waals surface area (Å²) in [6, 6.07) is 8.13. The highest BCUT2D eigenvalue weighted by atomic mass is 32.2. The van der Waals surface area contributed by atoms with Gasteiger partial charge in [-0.15, -0.1) is 10.2 Å². The predicted octanol–water partition coefficient (Wildman–Crippen LogP) is 5.08. The van der Waals surface area contributed by atoms with Gasteiger partial charge >= 0.3 is 0 Å². The SMILES string of the molecule is CC1CCN(c2ccc(NC(=O)CSc3nnc(C4CCCCC4)o3)cc2)CC1. The third kappa shape index (κ3) is 5.53. The minimum Gasteiger partial charge on any atom is -0.416 e. The standard InChI is InChI=1S/C22H30N4O2S/c1-16-11-13-26(14-12-16)19-9-7-18(8-10-19)23-20(27)15-29-22-25-24-21(28-22)17-5-3-2-4-6-17/h7-10,16-17H,2-6,11-15H2,1H3,(H,23,27). The Morgan fingerprint density at radius 2 is 1.83 bits per heavy atom. The summed E-state index contributed by atoms with van der Waals surface area (Å²) in [7, 11) is 0. The molecule has 6 nitrogen and oxygen atoms in total. The average Bonchev–Trinajstić information content (AvgIpc) is 3.23. The van der Waals surface area contributed by atoms with E-state index in [0.29, 0.717) is 11.1 Å². The number of benzene rings is 1. The van der Waals surface area contributed by atoms with Gasteiger partial charge in [-0.2, -0.15) is 0 Å². The van der Waals surface area contributed by atoms with Crippen LogP contribution in [0.2, 0.25) is 0 Å². The number of thioether (sulfide) groups is 1. The summed E-state index contributed by atoms with van der Waals surface area (Å²) in [5.41, 5.74) is 2.04. The van der Waals surface area contributed by atoms with Crippen LogP contribution in [0.4, 0.5) is 11.4 Å². The van der Waals surface area contributed by atoms with Crippen LogP contribution in [-0.2, 0) is 4.79 Å². The van der Waals surface area contributed by atoms with E-state index < -0.39 is 0 Å². The second-order valence-electron chi connectivity index (χ2n) is 8.29. The Labute approximate surface area is 176 Å². The van der Waals surface area contributed by atoms with Gasteiger partial charge in [0.05, 0.1) is 5.75 Å². The first-order valence-corrected chi connectivity index (χ1v) is 11.8. The molecule has 0 bridgehead atoms. The number of amides is 1. The molecule has 1 aromatic heterocycles. The van der Waals surface area contributed by atoms with Crippen molar-refractivity contribution in [1.29, 1.82) is 0 Å². The molecule has 4 rings (SSSR count). The van der Waals surface area contributed by atoms with Crippen molar-refractivity contribution in [3.8, 4) is 0 Å². The van der Waals surface area contributed by atoms with Crippen LogP contribution in [0, 0.1) is 5.92 Å². The van der Waals surface area contributed by atoms with Crippen LogP contribution in [0.1, 0.15) is 63.7 Å². The molecule has 0 radical (unpaired) electrons. The molecule has 2 aromatic rings. The van der Waals surface area contributed by atoms with Crippen molar-refractivity contribution in [2.45, 2.75) is 63.0 Å². The molecule has 0 spiro atoms. The number of aromatic nitrogens is 2. The zero-order valence-corrected chi connectivity index (χ0v) is 17.9. The molecule has 2 aliphatic rings. The minimum absolute atomic E-state index is 0.0630. The number of hydrogen-bond donors (Lipinski definition) is 1. The van der Waals surface area contributed by atoms with Crippen LogP contribution in [0.5, 0.6) is 0 Å². The van der Waals surface area contributed by atoms with E-state index in [2.05, 4.69) is 39.5 Å². The first-order chi connectivity index (χ1) is 14.2. The number of carbonyl (C=O) groups excluding carboxylic acids is 1. The smallest absolute Gasteiger partial charge is 0.277 e. The summed E-state index contributed by atoms with van der Waals surface area (Å²) in [5.74, 6) is 2.14. The maximum atomic E-state index is 12.3. The topological polar surface area (TPSA) is 71.3 Å². The first-order valence-electron chi connectivity index (χ1n) is 10.8. The fourth-order valence-electron chi connectivity index (χ4n) is 4.14. The van der Waals surface area contributed by atoms with E-state index in [4.69, 9.17) is 4.42 Å². The third-order valence-corrected chi connectivity index (χ3v) is 6.82. The van der Waals surface area contributed by atoms with E-state index in [1.54, 1.807) is 0 Å². The van der Waals surface area contributed by atoms with E-state index in [1.165, 1.54) is 49.6 Å². The lowest BCUT2D eigenvalue weighted by molar-refractivity contribution is -0.113. The number of anilines is 2. The molecule has 7 heteroatoms. The van der Waals surface area contributed by atoms with Crippen molar-refractivity contribution in [2.24, 2.45) is 5.92 Å². The fraction of sp³-hybridized carbons (Fsp3) is 0.591. The van der Waals surface area contributed by atoms with Crippen LogP contribution >= 0.6 is 11.8 Å². The molecule has 1 aliphatic heterocycles. The van der Waals surface area contributed by atoms with E-state index in [1.807, 2.05) is 12.1 Å². The van der Waals surface area contributed by atoms with Crippen LogP contribution in [-0.4, -0.2) is 34.9 Å². The zero-order valence-electron chi connectivity index (χ0n) is 17.1. The van der Waals surface area contributed by atoms with Crippen LogP contribution < -0.4 is 10.2 Å². The molecule has 0 unspecified atom stereocenters. The van der Waals surface area contributed by atoms with E-state index in [-0.39, 0.29) is 11.7 Å². The molecule has 1 aliphatic carbocycles. The summed E-state index contributed by atoms with van der Waals surface area (Å²) in [5, 5.41) is 11.7. The molecule has 1 saturated heterocycles. The highest BCUT2D eigenvalue weighted by molar-refractivity contribution is 7.99. The fourth-order valence-corrected chi connectivity index (χ4v) is 4.71. The molecule has 156 valence electrons. The van der Waals surface area contributed by atoms with Gasteiger partial charge in [0.1, 0.15) is 0 Å². The molecule has 2 fully saturated rings. The lowest BCUT2D eigenvalue weighted by Gasteiger charge is -2.32. The van der Waals surface area contributed by atoms with Gasteiger partial charge in [0.15, 0.2) is 0 Å². The minimum atomic E-state index is -0.0630. The van der Waals surface area contributed by atoms with Gasteiger partial charge in [0.25, 0.3) is 5.22 Å². The third-order valence-electron chi connectivity index (χ3n) is 6.00. The summed E-state index contributed by atoms with van der Waals surface area (Å²) in [6.07, 6.45) is 8.49. The van der Waals surface area contributed by atoms with Crippen LogP contribution in [0.25, 0.3) is 0 Å². The van der Waals surface area contributed by atoms with Crippen molar-refractivity contribution in [3.63, 3.8) is 0 Å². The lowest BCUT2D eigenvalue weighted by Crippen LogP contribution is -2.32. The maximum absolute atomic E-state index is 12.3. The number of carbonyl (C=O) groups is 1. The quantitative estimate of drug-likeness (QED) is 0.664. The molecule has 1 aromatic carbocycles. The summed E-state index contributed by atoms with van der Waals surface area (Å²) in [4.78, 5) is 14.7. The number of hydrogen-bond acceptors (Lipinski definition) is 6. The molecular formula is C22H30N4O2S. The molecule has 2 heterocycles. The zero-order chi connectivity index (χ0) is 20.1. The molecule has 1 saturated carbocycles. The summed E-state index contributed by atoms with van der Waals surface area (Å²) < 4.78 is 5.77. The number of piperidine rings is 1. The van der Waals surface area contributed by atoms with Gasteiger partial charge in [-0.1, -0.05) is 37.9 Å². The number of rotatable bonds is 6. The van der Waals surface area contributed by atoms with E-state index >= 15 is 0 Å². The van der Waals surface area contributed by atoms with Crippen molar-refractivity contribution >= 4 is 29.0 Å². The highest BCUT2D eigenvalue weighted by Gasteiger charge is 2.21.